The third-order valence-corrected chi connectivity index (χ3v) is 6.79. The fraction of sp³-hybridized carbons (Fsp3) is 0.308. The number of esters is 1. The summed E-state index contributed by atoms with van der Waals surface area (Å²) in [6.45, 7) is 3.99. The number of hydrogen-bond donors (Lipinski definition) is 0. The molecule has 0 fully saturated rings. The molecule has 172 valence electrons. The van der Waals surface area contributed by atoms with Crippen LogP contribution < -0.4 is 10.5 Å². The largest absolute Gasteiger partial charge is 0.465 e. The van der Waals surface area contributed by atoms with Crippen LogP contribution in [0, 0.1) is 0 Å². The highest BCUT2D eigenvalue weighted by Crippen LogP contribution is 2.32. The maximum Gasteiger partial charge on any atom is 0.337 e. The van der Waals surface area contributed by atoms with Crippen molar-refractivity contribution >= 4 is 34.9 Å². The second-order valence-corrected chi connectivity index (χ2v) is 8.98. The van der Waals surface area contributed by atoms with Crippen molar-refractivity contribution in [1.82, 2.24) is 4.57 Å². The Hall–Kier alpha value is -2.76. The number of pyridine rings is 1. The maximum absolute atomic E-state index is 13.0. The highest BCUT2D eigenvalue weighted by Gasteiger charge is 2.23. The first-order valence-electron chi connectivity index (χ1n) is 11.0. The van der Waals surface area contributed by atoms with E-state index < -0.39 is 0 Å². The predicted molar refractivity (Wildman–Crippen MR) is 133 cm³/mol. The third-order valence-electron chi connectivity index (χ3n) is 6.19. The van der Waals surface area contributed by atoms with Crippen LogP contribution in [0.4, 0.5) is 5.69 Å². The van der Waals surface area contributed by atoms with Crippen LogP contribution in [0.15, 0.2) is 53.3 Å². The molecule has 0 aliphatic carbocycles. The Bertz CT molecular complexity index is 1240. The van der Waals surface area contributed by atoms with Crippen molar-refractivity contribution in [2.45, 2.75) is 39.3 Å². The molecule has 2 heterocycles. The number of fused-ring (bicyclic) bond motifs is 1. The molecular weight excluding hydrogens is 459 g/mol. The van der Waals surface area contributed by atoms with Gasteiger partial charge >= 0.3 is 5.97 Å². The van der Waals surface area contributed by atoms with E-state index in [1.54, 1.807) is 22.8 Å². The summed E-state index contributed by atoms with van der Waals surface area (Å²) < 4.78 is 6.43. The molecule has 0 saturated heterocycles. The minimum atomic E-state index is -0.376. The highest BCUT2D eigenvalue weighted by atomic mass is 35.5. The van der Waals surface area contributed by atoms with Crippen molar-refractivity contribution in [3.63, 3.8) is 0 Å². The van der Waals surface area contributed by atoms with E-state index in [0.717, 1.165) is 30.6 Å². The summed E-state index contributed by atoms with van der Waals surface area (Å²) in [5.41, 5.74) is 5.81. The Balaban J connectivity index is 1.60. The van der Waals surface area contributed by atoms with Gasteiger partial charge in [-0.2, -0.15) is 0 Å². The molecule has 0 atom stereocenters. The van der Waals surface area contributed by atoms with Gasteiger partial charge in [0.05, 0.1) is 29.9 Å². The number of nitrogens with zero attached hydrogens (tertiary/aromatic N) is 2. The Kier molecular flexibility index (Phi) is 7.11. The van der Waals surface area contributed by atoms with Gasteiger partial charge in [-0.3, -0.25) is 4.79 Å². The van der Waals surface area contributed by atoms with E-state index in [-0.39, 0.29) is 16.6 Å². The van der Waals surface area contributed by atoms with Gasteiger partial charge in [-0.1, -0.05) is 54.4 Å². The van der Waals surface area contributed by atoms with Crippen LogP contribution in [0.1, 0.15) is 39.7 Å². The maximum atomic E-state index is 13.0. The molecule has 0 amide bonds. The number of aromatic nitrogens is 1. The van der Waals surface area contributed by atoms with E-state index in [0.29, 0.717) is 30.1 Å². The number of carbonyl (C=O) groups is 1. The smallest absolute Gasteiger partial charge is 0.337 e. The summed E-state index contributed by atoms with van der Waals surface area (Å²) in [5, 5.41) is 0.598. The Morgan fingerprint density at radius 2 is 1.76 bits per heavy atom. The number of rotatable bonds is 7. The molecule has 2 aromatic carbocycles. The van der Waals surface area contributed by atoms with Crippen molar-refractivity contribution in [2.24, 2.45) is 0 Å². The first-order valence-corrected chi connectivity index (χ1v) is 11.8. The van der Waals surface area contributed by atoms with Crippen molar-refractivity contribution < 1.29 is 9.53 Å². The molecule has 0 radical (unpaired) electrons. The van der Waals surface area contributed by atoms with Gasteiger partial charge in [0.15, 0.2) is 0 Å². The second kappa shape index (κ2) is 10.0. The average Bonchev–Trinajstić information content (AvgIpc) is 3.23. The van der Waals surface area contributed by atoms with Crippen LogP contribution in [0.5, 0.6) is 0 Å². The Labute approximate surface area is 203 Å². The van der Waals surface area contributed by atoms with Crippen LogP contribution in [-0.2, 0) is 37.1 Å². The quantitative estimate of drug-likeness (QED) is 0.426. The average molecular weight is 485 g/mol. The van der Waals surface area contributed by atoms with Crippen molar-refractivity contribution in [3.05, 3.63) is 96.9 Å². The molecule has 4 rings (SSSR count). The molecule has 0 N–H and O–H groups in total. The minimum Gasteiger partial charge on any atom is -0.465 e. The standard InChI is InChI=1S/C26H26Cl2N2O3/c1-3-17-4-7-19-11-12-29(23(19)14-17)16-24-21(27)15-22(28)25(31)30(24)13-10-18-5-8-20(9-6-18)26(32)33-2/h4-9,14-15H,3,10-13,16H2,1-2H3. The summed E-state index contributed by atoms with van der Waals surface area (Å²) in [4.78, 5) is 26.9. The number of aryl methyl sites for hydroxylation is 2. The molecular formula is C26H26Cl2N2O3. The number of anilines is 1. The van der Waals surface area contributed by atoms with Crippen LogP contribution >= 0.6 is 23.2 Å². The zero-order chi connectivity index (χ0) is 23.5. The molecule has 1 aromatic heterocycles. The second-order valence-electron chi connectivity index (χ2n) is 8.17. The Morgan fingerprint density at radius 3 is 2.45 bits per heavy atom. The lowest BCUT2D eigenvalue weighted by molar-refractivity contribution is 0.0600. The number of carbonyl (C=O) groups excluding carboxylic acids is 1. The minimum absolute atomic E-state index is 0.111. The van der Waals surface area contributed by atoms with Crippen LogP contribution in [0.3, 0.4) is 0 Å². The SMILES string of the molecule is CCc1ccc2c(c1)N(Cc1c(Cl)cc(Cl)c(=O)n1CCc1ccc(C(=O)OC)cc1)CC2. The molecule has 0 bridgehead atoms. The van der Waals surface area contributed by atoms with E-state index in [9.17, 15) is 9.59 Å². The summed E-state index contributed by atoms with van der Waals surface area (Å²) in [6.07, 6.45) is 2.55. The van der Waals surface area contributed by atoms with Crippen LogP contribution in [-0.4, -0.2) is 24.2 Å². The number of ether oxygens (including phenoxy) is 1. The molecule has 5 nitrogen and oxygen atoms in total. The molecule has 0 spiro atoms. The normalized spacial score (nSPS) is 12.7. The van der Waals surface area contributed by atoms with Gasteiger partial charge in [0.25, 0.3) is 5.56 Å². The third kappa shape index (κ3) is 4.94. The lowest BCUT2D eigenvalue weighted by Crippen LogP contribution is -2.30. The van der Waals surface area contributed by atoms with Gasteiger partial charge in [0, 0.05) is 18.8 Å². The van der Waals surface area contributed by atoms with Gasteiger partial charge in [-0.05, 0) is 60.2 Å². The zero-order valence-electron chi connectivity index (χ0n) is 18.7. The van der Waals surface area contributed by atoms with E-state index in [1.807, 2.05) is 12.1 Å². The number of methoxy groups -OCH3 is 1. The topological polar surface area (TPSA) is 51.5 Å². The fourth-order valence-corrected chi connectivity index (χ4v) is 4.79. The lowest BCUT2D eigenvalue weighted by Gasteiger charge is -2.24. The lowest BCUT2D eigenvalue weighted by atomic mass is 10.1. The number of benzene rings is 2. The highest BCUT2D eigenvalue weighted by molar-refractivity contribution is 6.34. The molecule has 3 aromatic rings. The van der Waals surface area contributed by atoms with Gasteiger partial charge in [0.1, 0.15) is 5.02 Å². The van der Waals surface area contributed by atoms with Gasteiger partial charge in [-0.15, -0.1) is 0 Å². The first-order chi connectivity index (χ1) is 15.9. The van der Waals surface area contributed by atoms with Crippen molar-refractivity contribution in [1.29, 1.82) is 0 Å². The summed E-state index contributed by atoms with van der Waals surface area (Å²) in [6, 6.07) is 15.3. The molecule has 33 heavy (non-hydrogen) atoms. The zero-order valence-corrected chi connectivity index (χ0v) is 20.2. The predicted octanol–water partition coefficient (Wildman–Crippen LogP) is 5.31. The van der Waals surface area contributed by atoms with E-state index in [1.165, 1.54) is 23.9 Å². The van der Waals surface area contributed by atoms with Gasteiger partial charge in [-0.25, -0.2) is 4.79 Å². The number of halogens is 2. The summed E-state index contributed by atoms with van der Waals surface area (Å²) in [5.74, 6) is -0.376. The summed E-state index contributed by atoms with van der Waals surface area (Å²) >= 11 is 12.8. The van der Waals surface area contributed by atoms with E-state index in [4.69, 9.17) is 27.9 Å². The van der Waals surface area contributed by atoms with Gasteiger partial charge < -0.3 is 14.2 Å². The molecule has 0 unspecified atom stereocenters. The molecule has 7 heteroatoms. The Morgan fingerprint density at radius 1 is 1.03 bits per heavy atom. The first kappa shape index (κ1) is 23.4. The van der Waals surface area contributed by atoms with Crippen LogP contribution in [0.25, 0.3) is 0 Å². The van der Waals surface area contributed by atoms with Crippen LogP contribution in [0.2, 0.25) is 10.0 Å². The molecule has 0 saturated carbocycles. The van der Waals surface area contributed by atoms with E-state index in [2.05, 4.69) is 30.0 Å². The fourth-order valence-electron chi connectivity index (χ4n) is 4.26. The van der Waals surface area contributed by atoms with Crippen molar-refractivity contribution in [3.8, 4) is 0 Å². The molecule has 1 aliphatic heterocycles. The molecule has 1 aliphatic rings. The van der Waals surface area contributed by atoms with Crippen molar-refractivity contribution in [2.75, 3.05) is 18.6 Å². The summed E-state index contributed by atoms with van der Waals surface area (Å²) in [7, 11) is 1.36. The van der Waals surface area contributed by atoms with Gasteiger partial charge in [0.2, 0.25) is 0 Å². The number of hydrogen-bond acceptors (Lipinski definition) is 4. The van der Waals surface area contributed by atoms with E-state index >= 15 is 0 Å². The monoisotopic (exact) mass is 484 g/mol.